The summed E-state index contributed by atoms with van der Waals surface area (Å²) >= 11 is 18.3. The summed E-state index contributed by atoms with van der Waals surface area (Å²) in [5.74, 6) is -1.32. The molecule has 1 aromatic rings. The number of rotatable bonds is 4. The van der Waals surface area contributed by atoms with E-state index in [1.165, 1.54) is 4.90 Å². The molecule has 1 saturated heterocycles. The molecule has 0 unspecified atom stereocenters. The average molecular weight is 362 g/mol. The Kier molecular flexibility index (Phi) is 5.27. The van der Waals surface area contributed by atoms with Crippen molar-refractivity contribution < 1.29 is 14.7 Å². The number of carbonyl (C=O) groups excluding carboxylic acids is 1. The summed E-state index contributed by atoms with van der Waals surface area (Å²) in [6.07, 6.45) is 1.41. The number of carboxylic acid groups (broad SMARTS) is 1. The number of hydrogen-bond acceptors (Lipinski definition) is 4. The first-order valence-electron chi connectivity index (χ1n) is 5.81. The molecule has 1 heterocycles. The van der Waals surface area contributed by atoms with Gasteiger partial charge in [-0.2, -0.15) is 0 Å². The number of benzene rings is 1. The summed E-state index contributed by atoms with van der Waals surface area (Å²) in [5, 5.41) is 9.54. The third kappa shape index (κ3) is 3.77. The molecule has 1 aromatic carbocycles. The van der Waals surface area contributed by atoms with Crippen LogP contribution in [-0.4, -0.2) is 32.7 Å². The lowest BCUT2D eigenvalue weighted by Gasteiger charge is -2.12. The number of amides is 1. The van der Waals surface area contributed by atoms with Crippen LogP contribution < -0.4 is 0 Å². The van der Waals surface area contributed by atoms with Gasteiger partial charge in [0.25, 0.3) is 5.91 Å². The monoisotopic (exact) mass is 361 g/mol. The molecule has 2 rings (SSSR count). The lowest BCUT2D eigenvalue weighted by atomic mass is 10.2. The van der Waals surface area contributed by atoms with E-state index in [2.05, 4.69) is 0 Å². The third-order valence-electron chi connectivity index (χ3n) is 2.70. The van der Waals surface area contributed by atoms with Gasteiger partial charge in [-0.05, 0) is 18.2 Å². The fourth-order valence-corrected chi connectivity index (χ4v) is 3.48. The summed E-state index contributed by atoms with van der Waals surface area (Å²) in [7, 11) is 0. The molecule has 4 nitrogen and oxygen atoms in total. The highest BCUT2D eigenvalue weighted by molar-refractivity contribution is 8.26. The summed E-state index contributed by atoms with van der Waals surface area (Å²) in [5.41, 5.74) is 0.541. The highest BCUT2D eigenvalue weighted by Crippen LogP contribution is 2.35. The van der Waals surface area contributed by atoms with Gasteiger partial charge in [-0.3, -0.25) is 14.5 Å². The van der Waals surface area contributed by atoms with E-state index < -0.39 is 5.97 Å². The van der Waals surface area contributed by atoms with E-state index in [-0.39, 0.29) is 18.9 Å². The number of carbonyl (C=O) groups is 2. The SMILES string of the molecule is O=C(O)CCN1C(=O)/C(=C\c2c(Cl)cccc2Cl)SC1=S. The fraction of sp³-hybridized carbons (Fsp3) is 0.154. The van der Waals surface area contributed by atoms with Gasteiger partial charge < -0.3 is 5.11 Å². The van der Waals surface area contributed by atoms with Gasteiger partial charge in [-0.15, -0.1) is 0 Å². The Balaban J connectivity index is 2.26. The van der Waals surface area contributed by atoms with Gasteiger partial charge >= 0.3 is 5.97 Å². The first kappa shape index (κ1) is 16.3. The minimum absolute atomic E-state index is 0.0492. The molecule has 110 valence electrons. The molecule has 21 heavy (non-hydrogen) atoms. The largest absolute Gasteiger partial charge is 0.481 e. The molecule has 1 N–H and O–H groups in total. The van der Waals surface area contributed by atoms with Crippen molar-refractivity contribution in [3.63, 3.8) is 0 Å². The van der Waals surface area contributed by atoms with Gasteiger partial charge in [0.15, 0.2) is 0 Å². The Morgan fingerprint density at radius 1 is 1.38 bits per heavy atom. The summed E-state index contributed by atoms with van der Waals surface area (Å²) in [6, 6.07) is 5.05. The van der Waals surface area contributed by atoms with Gasteiger partial charge in [0, 0.05) is 22.2 Å². The van der Waals surface area contributed by atoms with E-state index >= 15 is 0 Å². The van der Waals surface area contributed by atoms with Crippen LogP contribution in [0.3, 0.4) is 0 Å². The topological polar surface area (TPSA) is 57.6 Å². The first-order valence-corrected chi connectivity index (χ1v) is 7.79. The lowest BCUT2D eigenvalue weighted by molar-refractivity contribution is -0.137. The van der Waals surface area contributed by atoms with Crippen molar-refractivity contribution >= 4 is 69.5 Å². The van der Waals surface area contributed by atoms with Crippen molar-refractivity contribution in [3.05, 3.63) is 38.7 Å². The molecule has 1 aliphatic heterocycles. The highest BCUT2D eigenvalue weighted by Gasteiger charge is 2.32. The van der Waals surface area contributed by atoms with Crippen LogP contribution in [0.2, 0.25) is 10.0 Å². The van der Waals surface area contributed by atoms with Crippen molar-refractivity contribution in [2.24, 2.45) is 0 Å². The van der Waals surface area contributed by atoms with Crippen LogP contribution >= 0.6 is 47.2 Å². The van der Waals surface area contributed by atoms with Crippen molar-refractivity contribution in [2.75, 3.05) is 6.54 Å². The van der Waals surface area contributed by atoms with Crippen molar-refractivity contribution in [3.8, 4) is 0 Å². The number of nitrogens with zero attached hydrogens (tertiary/aromatic N) is 1. The molecular weight excluding hydrogens is 353 g/mol. The number of thioether (sulfide) groups is 1. The molecule has 0 bridgehead atoms. The maximum absolute atomic E-state index is 12.2. The highest BCUT2D eigenvalue weighted by atomic mass is 35.5. The molecule has 0 aromatic heterocycles. The molecule has 1 amide bonds. The van der Waals surface area contributed by atoms with Crippen molar-refractivity contribution in [1.82, 2.24) is 4.90 Å². The van der Waals surface area contributed by atoms with Gasteiger partial charge in [0.1, 0.15) is 4.32 Å². The van der Waals surface area contributed by atoms with E-state index in [0.717, 1.165) is 11.8 Å². The van der Waals surface area contributed by atoms with E-state index in [9.17, 15) is 9.59 Å². The smallest absolute Gasteiger partial charge is 0.305 e. The third-order valence-corrected chi connectivity index (χ3v) is 4.73. The second kappa shape index (κ2) is 6.79. The van der Waals surface area contributed by atoms with Crippen molar-refractivity contribution in [2.45, 2.75) is 6.42 Å². The van der Waals surface area contributed by atoms with E-state index in [1.807, 2.05) is 0 Å². The first-order chi connectivity index (χ1) is 9.90. The summed E-state index contributed by atoms with van der Waals surface area (Å²) in [6.45, 7) is 0.0492. The molecule has 1 fully saturated rings. The molecule has 0 spiro atoms. The predicted octanol–water partition coefficient (Wildman–Crippen LogP) is 3.67. The molecule has 8 heteroatoms. The van der Waals surface area contributed by atoms with Crippen LogP contribution in [-0.2, 0) is 9.59 Å². The summed E-state index contributed by atoms with van der Waals surface area (Å²) in [4.78, 5) is 24.5. The Hall–Kier alpha value is -1.08. The zero-order valence-electron chi connectivity index (χ0n) is 10.5. The number of carboxylic acids is 1. The van der Waals surface area contributed by atoms with Gasteiger partial charge in [-0.25, -0.2) is 0 Å². The molecule has 0 aliphatic carbocycles. The molecule has 0 atom stereocenters. The lowest BCUT2D eigenvalue weighted by Crippen LogP contribution is -2.30. The van der Waals surface area contributed by atoms with E-state index in [0.29, 0.717) is 24.8 Å². The maximum Gasteiger partial charge on any atom is 0.305 e. The predicted molar refractivity (Wildman–Crippen MR) is 88.6 cm³/mol. The molecule has 0 saturated carbocycles. The minimum Gasteiger partial charge on any atom is -0.481 e. The van der Waals surface area contributed by atoms with E-state index in [1.54, 1.807) is 24.3 Å². The van der Waals surface area contributed by atoms with Crippen molar-refractivity contribution in [1.29, 1.82) is 0 Å². The maximum atomic E-state index is 12.2. The minimum atomic E-state index is -0.984. The number of aliphatic carboxylic acids is 1. The standard InChI is InChI=1S/C13H9Cl2NO3S2/c14-8-2-1-3-9(15)7(8)6-10-12(19)16(13(20)21-10)5-4-11(17)18/h1-3,6H,4-5H2,(H,17,18)/b10-6+. The second-order valence-electron chi connectivity index (χ2n) is 4.11. The normalized spacial score (nSPS) is 16.9. The van der Waals surface area contributed by atoms with Crippen LogP contribution in [0.15, 0.2) is 23.1 Å². The van der Waals surface area contributed by atoms with Crippen LogP contribution in [0.1, 0.15) is 12.0 Å². The van der Waals surface area contributed by atoms with Crippen LogP contribution in [0.4, 0.5) is 0 Å². The average Bonchev–Trinajstić information content (AvgIpc) is 2.67. The fourth-order valence-electron chi connectivity index (χ4n) is 1.68. The molecule has 1 aliphatic rings. The molecular formula is C13H9Cl2NO3S2. The molecule has 0 radical (unpaired) electrons. The Labute approximate surface area is 140 Å². The van der Waals surface area contributed by atoms with Gasteiger partial charge in [0.05, 0.1) is 11.3 Å². The Morgan fingerprint density at radius 2 is 2.00 bits per heavy atom. The van der Waals surface area contributed by atoms with Gasteiger partial charge in [-0.1, -0.05) is 53.2 Å². The van der Waals surface area contributed by atoms with Crippen LogP contribution in [0.25, 0.3) is 6.08 Å². The zero-order valence-corrected chi connectivity index (χ0v) is 13.7. The number of thiocarbonyl (C=S) groups is 1. The van der Waals surface area contributed by atoms with Crippen LogP contribution in [0.5, 0.6) is 0 Å². The van der Waals surface area contributed by atoms with Crippen LogP contribution in [0, 0.1) is 0 Å². The summed E-state index contributed by atoms with van der Waals surface area (Å²) < 4.78 is 0.329. The van der Waals surface area contributed by atoms with E-state index in [4.69, 9.17) is 40.5 Å². The quantitative estimate of drug-likeness (QED) is 0.654. The number of halogens is 2. The Bertz CT molecular complexity index is 641. The number of hydrogen-bond donors (Lipinski definition) is 1. The Morgan fingerprint density at radius 3 is 2.57 bits per heavy atom. The zero-order chi connectivity index (χ0) is 15.6. The van der Waals surface area contributed by atoms with Gasteiger partial charge in [0.2, 0.25) is 0 Å². The second-order valence-corrected chi connectivity index (χ2v) is 6.60.